The molecule has 1 aliphatic heterocycles. The molecule has 0 radical (unpaired) electrons. The van der Waals surface area contributed by atoms with Crippen molar-refractivity contribution in [2.45, 2.75) is 53.5 Å². The van der Waals surface area contributed by atoms with Crippen LogP contribution in [-0.4, -0.2) is 22.0 Å². The third kappa shape index (κ3) is 2.96. The number of aromatic nitrogens is 2. The minimum atomic E-state index is -0.0564. The van der Waals surface area contributed by atoms with Gasteiger partial charge in [-0.25, -0.2) is 4.98 Å². The van der Waals surface area contributed by atoms with Gasteiger partial charge in [0.2, 0.25) is 0 Å². The third-order valence-corrected chi connectivity index (χ3v) is 6.75. The van der Waals surface area contributed by atoms with Gasteiger partial charge in [-0.15, -0.1) is 11.3 Å². The van der Waals surface area contributed by atoms with Gasteiger partial charge in [0, 0.05) is 25.2 Å². The number of thiophene rings is 1. The molecular formula is C22H25N3O2S. The summed E-state index contributed by atoms with van der Waals surface area (Å²) in [5, 5.41) is 0.607. The first-order chi connectivity index (χ1) is 13.4. The van der Waals surface area contributed by atoms with Crippen LogP contribution in [0.15, 0.2) is 23.0 Å². The molecule has 0 bridgehead atoms. The number of carbonyl (C=O) groups is 1. The predicted octanol–water partition coefficient (Wildman–Crippen LogP) is 4.39. The average Bonchev–Trinajstić information content (AvgIpc) is 3.02. The number of carbonyl (C=O) groups excluding carboxylic acids is 1. The fraction of sp³-hybridized carbons (Fsp3) is 0.409. The molecular weight excluding hydrogens is 370 g/mol. The Labute approximate surface area is 168 Å². The lowest BCUT2D eigenvalue weighted by Crippen LogP contribution is -2.31. The lowest BCUT2D eigenvalue weighted by atomic mass is 10.1. The molecule has 5 nitrogen and oxygen atoms in total. The Kier molecular flexibility index (Phi) is 4.83. The average molecular weight is 396 g/mol. The van der Waals surface area contributed by atoms with Crippen molar-refractivity contribution in [3.8, 4) is 0 Å². The van der Waals surface area contributed by atoms with E-state index in [1.165, 1.54) is 11.3 Å². The molecule has 4 rings (SSSR count). The Morgan fingerprint density at radius 2 is 2.04 bits per heavy atom. The topological polar surface area (TPSA) is 55.2 Å². The van der Waals surface area contributed by atoms with E-state index in [-0.39, 0.29) is 11.5 Å². The van der Waals surface area contributed by atoms with Gasteiger partial charge in [-0.1, -0.05) is 12.1 Å². The molecule has 0 saturated heterocycles. The van der Waals surface area contributed by atoms with Gasteiger partial charge < -0.3 is 4.90 Å². The predicted molar refractivity (Wildman–Crippen MR) is 115 cm³/mol. The lowest BCUT2D eigenvalue weighted by Gasteiger charge is -2.23. The van der Waals surface area contributed by atoms with Gasteiger partial charge in [0.1, 0.15) is 10.7 Å². The Morgan fingerprint density at radius 3 is 2.79 bits per heavy atom. The zero-order chi connectivity index (χ0) is 20.0. The van der Waals surface area contributed by atoms with Gasteiger partial charge in [0.05, 0.1) is 10.3 Å². The number of rotatable bonds is 3. The van der Waals surface area contributed by atoms with Crippen molar-refractivity contribution in [1.82, 2.24) is 9.55 Å². The fourth-order valence-corrected chi connectivity index (χ4v) is 5.13. The van der Waals surface area contributed by atoms with Crippen LogP contribution in [0.2, 0.25) is 0 Å². The third-order valence-electron chi connectivity index (χ3n) is 5.57. The van der Waals surface area contributed by atoms with Gasteiger partial charge in [0.25, 0.3) is 11.5 Å². The van der Waals surface area contributed by atoms with Crippen LogP contribution in [0.1, 0.15) is 52.0 Å². The normalized spacial score (nSPS) is 13.6. The Balaban J connectivity index is 1.85. The van der Waals surface area contributed by atoms with Gasteiger partial charge in [0.15, 0.2) is 0 Å². The monoisotopic (exact) mass is 395 g/mol. The van der Waals surface area contributed by atoms with Crippen LogP contribution in [0.4, 0.5) is 5.69 Å². The zero-order valence-corrected chi connectivity index (χ0v) is 17.7. The highest BCUT2D eigenvalue weighted by Crippen LogP contribution is 2.31. The summed E-state index contributed by atoms with van der Waals surface area (Å²) in [4.78, 5) is 34.4. The molecule has 28 heavy (non-hydrogen) atoms. The summed E-state index contributed by atoms with van der Waals surface area (Å²) < 4.78 is 1.79. The second kappa shape index (κ2) is 7.17. The Hall–Kier alpha value is -2.47. The summed E-state index contributed by atoms with van der Waals surface area (Å²) >= 11 is 1.35. The first-order valence-electron chi connectivity index (χ1n) is 9.84. The fourth-order valence-electron chi connectivity index (χ4n) is 3.99. The Bertz CT molecular complexity index is 1140. The summed E-state index contributed by atoms with van der Waals surface area (Å²) in [7, 11) is 0. The van der Waals surface area contributed by atoms with Crippen LogP contribution in [0.3, 0.4) is 0 Å². The van der Waals surface area contributed by atoms with Crippen molar-refractivity contribution in [2.24, 2.45) is 0 Å². The molecule has 0 atom stereocenters. The van der Waals surface area contributed by atoms with Gasteiger partial charge in [-0.05, 0) is 63.3 Å². The minimum Gasteiger partial charge on any atom is -0.308 e. The van der Waals surface area contributed by atoms with E-state index in [4.69, 9.17) is 4.98 Å². The molecule has 3 heterocycles. The number of aryl methyl sites for hydroxylation is 4. The van der Waals surface area contributed by atoms with Crippen LogP contribution >= 0.6 is 11.3 Å². The summed E-state index contributed by atoms with van der Waals surface area (Å²) in [5.74, 6) is 0.796. The standard InChI is InChI=1S/C22H25N3O2S/c1-5-24(16-12-13(2)9-10-14(16)3)22(27)19-15(4)18-20(28-19)23-17-8-6-7-11-25(17)21(18)26/h9-10,12H,5-8,11H2,1-4H3. The van der Waals surface area contributed by atoms with Crippen LogP contribution in [0.25, 0.3) is 10.2 Å². The maximum atomic E-state index is 13.5. The van der Waals surface area contributed by atoms with E-state index in [2.05, 4.69) is 6.07 Å². The van der Waals surface area contributed by atoms with E-state index in [0.29, 0.717) is 21.6 Å². The SMILES string of the molecule is CCN(C(=O)c1sc2nc3n(c(=O)c2c1C)CCCC3)c1cc(C)ccc1C. The molecule has 2 aromatic heterocycles. The smallest absolute Gasteiger partial charge is 0.268 e. The maximum Gasteiger partial charge on any atom is 0.268 e. The van der Waals surface area contributed by atoms with Crippen molar-refractivity contribution < 1.29 is 4.79 Å². The van der Waals surface area contributed by atoms with Crippen molar-refractivity contribution >= 4 is 33.1 Å². The molecule has 0 unspecified atom stereocenters. The summed E-state index contributed by atoms with van der Waals surface area (Å²) in [6, 6.07) is 6.14. The van der Waals surface area contributed by atoms with Crippen LogP contribution in [-0.2, 0) is 13.0 Å². The zero-order valence-electron chi connectivity index (χ0n) is 16.8. The summed E-state index contributed by atoms with van der Waals surface area (Å²) in [6.07, 6.45) is 2.89. The largest absolute Gasteiger partial charge is 0.308 e. The molecule has 0 N–H and O–H groups in total. The molecule has 0 aliphatic carbocycles. The number of fused-ring (bicyclic) bond motifs is 2. The maximum absolute atomic E-state index is 13.5. The number of hydrogen-bond donors (Lipinski definition) is 0. The van der Waals surface area contributed by atoms with Gasteiger partial charge in [-0.2, -0.15) is 0 Å². The van der Waals surface area contributed by atoms with Crippen LogP contribution < -0.4 is 10.5 Å². The van der Waals surface area contributed by atoms with Crippen molar-refractivity contribution in [3.63, 3.8) is 0 Å². The Morgan fingerprint density at radius 1 is 1.25 bits per heavy atom. The second-order valence-electron chi connectivity index (χ2n) is 7.52. The van der Waals surface area contributed by atoms with E-state index >= 15 is 0 Å². The molecule has 0 fully saturated rings. The van der Waals surface area contributed by atoms with E-state index in [1.54, 1.807) is 9.47 Å². The van der Waals surface area contributed by atoms with E-state index < -0.39 is 0 Å². The quantitative estimate of drug-likeness (QED) is 0.661. The first kappa shape index (κ1) is 18.9. The molecule has 1 amide bonds. The van der Waals surface area contributed by atoms with E-state index in [9.17, 15) is 9.59 Å². The van der Waals surface area contributed by atoms with E-state index in [1.807, 2.05) is 39.8 Å². The summed E-state index contributed by atoms with van der Waals surface area (Å²) in [6.45, 7) is 9.20. The van der Waals surface area contributed by atoms with Gasteiger partial charge in [-0.3, -0.25) is 14.2 Å². The highest BCUT2D eigenvalue weighted by Gasteiger charge is 2.26. The lowest BCUT2D eigenvalue weighted by molar-refractivity contribution is 0.0991. The number of hydrogen-bond acceptors (Lipinski definition) is 4. The molecule has 6 heteroatoms. The highest BCUT2D eigenvalue weighted by molar-refractivity contribution is 7.20. The molecule has 0 spiro atoms. The van der Waals surface area contributed by atoms with Crippen molar-refractivity contribution in [1.29, 1.82) is 0 Å². The minimum absolute atomic E-state index is 0.00212. The number of nitrogens with zero attached hydrogens (tertiary/aromatic N) is 3. The van der Waals surface area contributed by atoms with Crippen molar-refractivity contribution in [3.05, 3.63) is 55.9 Å². The first-order valence-corrected chi connectivity index (χ1v) is 10.7. The van der Waals surface area contributed by atoms with Crippen LogP contribution in [0.5, 0.6) is 0 Å². The molecule has 3 aromatic rings. The van der Waals surface area contributed by atoms with Gasteiger partial charge >= 0.3 is 0 Å². The van der Waals surface area contributed by atoms with Crippen molar-refractivity contribution in [2.75, 3.05) is 11.4 Å². The van der Waals surface area contributed by atoms with Crippen LogP contribution in [0, 0.1) is 20.8 Å². The number of benzene rings is 1. The second-order valence-corrected chi connectivity index (χ2v) is 8.52. The molecule has 0 saturated carbocycles. The molecule has 1 aliphatic rings. The molecule has 146 valence electrons. The molecule has 1 aromatic carbocycles. The summed E-state index contributed by atoms with van der Waals surface area (Å²) in [5.41, 5.74) is 3.86. The number of amides is 1. The highest BCUT2D eigenvalue weighted by atomic mass is 32.1. The number of anilines is 1. The van der Waals surface area contributed by atoms with E-state index in [0.717, 1.165) is 54.0 Å².